The zero-order chi connectivity index (χ0) is 7.40. The van der Waals surface area contributed by atoms with Gasteiger partial charge in [0, 0.05) is 6.42 Å². The molecule has 1 aliphatic heterocycles. The second kappa shape index (κ2) is 3.22. The highest BCUT2D eigenvalue weighted by Gasteiger charge is 2.13. The molecule has 1 heterocycles. The molecule has 1 N–H and O–H groups in total. The van der Waals surface area contributed by atoms with Crippen molar-refractivity contribution in [3.63, 3.8) is 0 Å². The highest BCUT2D eigenvalue weighted by molar-refractivity contribution is 5.56. The predicted octanol–water partition coefficient (Wildman–Crippen LogP) is 0.984. The number of ether oxygens (including phenoxy) is 2. The standard InChI is InChI=1S/C6H8O4/c7-6(8)10-5-3-1-2-4-9-5/h1-2,5H,3-4H2,(H,7,8). The molecule has 1 rings (SSSR count). The number of hydrogen-bond donors (Lipinski definition) is 1. The fourth-order valence-corrected chi connectivity index (χ4v) is 0.701. The Labute approximate surface area is 58.1 Å². The molecule has 1 aliphatic rings. The van der Waals surface area contributed by atoms with Crippen LogP contribution in [0.25, 0.3) is 0 Å². The van der Waals surface area contributed by atoms with Crippen molar-refractivity contribution in [2.45, 2.75) is 12.7 Å². The first kappa shape index (κ1) is 7.08. The van der Waals surface area contributed by atoms with E-state index in [1.165, 1.54) is 0 Å². The maximum atomic E-state index is 9.94. The van der Waals surface area contributed by atoms with Crippen molar-refractivity contribution in [3.05, 3.63) is 12.2 Å². The summed E-state index contributed by atoms with van der Waals surface area (Å²) in [5.74, 6) is 0. The monoisotopic (exact) mass is 144 g/mol. The van der Waals surface area contributed by atoms with Gasteiger partial charge in [0.15, 0.2) is 0 Å². The highest BCUT2D eigenvalue weighted by Crippen LogP contribution is 2.06. The Bertz CT molecular complexity index is 152. The zero-order valence-electron chi connectivity index (χ0n) is 5.32. The van der Waals surface area contributed by atoms with Gasteiger partial charge in [-0.05, 0) is 0 Å². The van der Waals surface area contributed by atoms with Crippen LogP contribution in [-0.2, 0) is 9.47 Å². The van der Waals surface area contributed by atoms with E-state index in [9.17, 15) is 4.79 Å². The van der Waals surface area contributed by atoms with Crippen LogP contribution in [-0.4, -0.2) is 24.2 Å². The summed E-state index contributed by atoms with van der Waals surface area (Å²) in [6, 6.07) is 0. The van der Waals surface area contributed by atoms with Gasteiger partial charge in [0.25, 0.3) is 0 Å². The van der Waals surface area contributed by atoms with Gasteiger partial charge in [-0.15, -0.1) is 0 Å². The lowest BCUT2D eigenvalue weighted by Gasteiger charge is -2.16. The number of rotatable bonds is 1. The van der Waals surface area contributed by atoms with Gasteiger partial charge in [-0.3, -0.25) is 0 Å². The molecule has 1 unspecified atom stereocenters. The second-order valence-electron chi connectivity index (χ2n) is 1.85. The first-order chi connectivity index (χ1) is 4.79. The Balaban J connectivity index is 2.28. The fourth-order valence-electron chi connectivity index (χ4n) is 0.701. The minimum Gasteiger partial charge on any atom is -0.450 e. The summed E-state index contributed by atoms with van der Waals surface area (Å²) in [7, 11) is 0. The largest absolute Gasteiger partial charge is 0.508 e. The number of carboxylic acid groups (broad SMARTS) is 1. The van der Waals surface area contributed by atoms with E-state index >= 15 is 0 Å². The second-order valence-corrected chi connectivity index (χ2v) is 1.85. The van der Waals surface area contributed by atoms with Crippen molar-refractivity contribution in [3.8, 4) is 0 Å². The molecule has 1 atom stereocenters. The molecule has 0 bridgehead atoms. The summed E-state index contributed by atoms with van der Waals surface area (Å²) in [4.78, 5) is 9.94. The smallest absolute Gasteiger partial charge is 0.450 e. The molecule has 0 saturated carbocycles. The van der Waals surface area contributed by atoms with Gasteiger partial charge >= 0.3 is 6.16 Å². The zero-order valence-corrected chi connectivity index (χ0v) is 5.32. The van der Waals surface area contributed by atoms with E-state index in [0.29, 0.717) is 13.0 Å². The normalized spacial score (nSPS) is 24.2. The minimum atomic E-state index is -1.29. The maximum absolute atomic E-state index is 9.94. The van der Waals surface area contributed by atoms with Crippen LogP contribution in [0.3, 0.4) is 0 Å². The van der Waals surface area contributed by atoms with Crippen LogP contribution in [0.15, 0.2) is 12.2 Å². The molecule has 0 spiro atoms. The first-order valence-corrected chi connectivity index (χ1v) is 2.95. The molecule has 0 fully saturated rings. The predicted molar refractivity (Wildman–Crippen MR) is 32.6 cm³/mol. The molecule has 4 nitrogen and oxygen atoms in total. The van der Waals surface area contributed by atoms with Crippen LogP contribution >= 0.6 is 0 Å². The summed E-state index contributed by atoms with van der Waals surface area (Å²) in [5, 5.41) is 8.14. The summed E-state index contributed by atoms with van der Waals surface area (Å²) >= 11 is 0. The van der Waals surface area contributed by atoms with E-state index in [0.717, 1.165) is 0 Å². The molecule has 0 aliphatic carbocycles. The molecular formula is C6H8O4. The van der Waals surface area contributed by atoms with Crippen LogP contribution in [0.1, 0.15) is 6.42 Å². The van der Waals surface area contributed by atoms with E-state index in [4.69, 9.17) is 9.84 Å². The van der Waals surface area contributed by atoms with Crippen molar-refractivity contribution < 1.29 is 19.4 Å². The Morgan fingerprint density at radius 3 is 3.00 bits per heavy atom. The molecule has 10 heavy (non-hydrogen) atoms. The summed E-state index contributed by atoms with van der Waals surface area (Å²) in [5.41, 5.74) is 0. The van der Waals surface area contributed by atoms with Crippen molar-refractivity contribution in [1.82, 2.24) is 0 Å². The molecule has 56 valence electrons. The molecule has 4 heteroatoms. The summed E-state index contributed by atoms with van der Waals surface area (Å²) in [6.45, 7) is 0.429. The van der Waals surface area contributed by atoms with Gasteiger partial charge in [-0.1, -0.05) is 12.2 Å². The van der Waals surface area contributed by atoms with E-state index in [-0.39, 0.29) is 0 Å². The Hall–Kier alpha value is -1.03. The van der Waals surface area contributed by atoms with Crippen LogP contribution < -0.4 is 0 Å². The van der Waals surface area contributed by atoms with E-state index in [1.807, 2.05) is 12.2 Å². The highest BCUT2D eigenvalue weighted by atomic mass is 16.8. The molecule has 0 aromatic carbocycles. The third-order valence-corrected chi connectivity index (χ3v) is 1.11. The van der Waals surface area contributed by atoms with E-state index in [1.54, 1.807) is 0 Å². The third kappa shape index (κ3) is 2.06. The number of carbonyl (C=O) groups is 1. The van der Waals surface area contributed by atoms with Crippen LogP contribution in [0.5, 0.6) is 0 Å². The van der Waals surface area contributed by atoms with Gasteiger partial charge in [0.2, 0.25) is 6.29 Å². The Morgan fingerprint density at radius 1 is 1.70 bits per heavy atom. The quantitative estimate of drug-likeness (QED) is 0.440. The molecule has 0 amide bonds. The SMILES string of the molecule is O=C(O)OC1CC=CCO1. The van der Waals surface area contributed by atoms with Crippen molar-refractivity contribution >= 4 is 6.16 Å². The lowest BCUT2D eigenvalue weighted by atomic mass is 10.3. The molecule has 0 aromatic rings. The summed E-state index contributed by atoms with van der Waals surface area (Å²) < 4.78 is 9.23. The summed E-state index contributed by atoms with van der Waals surface area (Å²) in [6.07, 6.45) is 2.26. The molecule has 0 saturated heterocycles. The van der Waals surface area contributed by atoms with E-state index in [2.05, 4.69) is 4.74 Å². The maximum Gasteiger partial charge on any atom is 0.508 e. The lowest BCUT2D eigenvalue weighted by Crippen LogP contribution is -2.21. The average molecular weight is 144 g/mol. The fraction of sp³-hybridized carbons (Fsp3) is 0.500. The van der Waals surface area contributed by atoms with Crippen LogP contribution in [0.4, 0.5) is 4.79 Å². The molecular weight excluding hydrogens is 136 g/mol. The third-order valence-electron chi connectivity index (χ3n) is 1.11. The minimum absolute atomic E-state index is 0.429. The van der Waals surface area contributed by atoms with Gasteiger partial charge in [0.05, 0.1) is 6.61 Å². The Morgan fingerprint density at radius 2 is 2.50 bits per heavy atom. The average Bonchev–Trinajstić information content (AvgIpc) is 1.88. The van der Waals surface area contributed by atoms with Gasteiger partial charge in [-0.25, -0.2) is 4.79 Å². The lowest BCUT2D eigenvalue weighted by molar-refractivity contribution is -0.110. The number of hydrogen-bond acceptors (Lipinski definition) is 3. The first-order valence-electron chi connectivity index (χ1n) is 2.95. The van der Waals surface area contributed by atoms with Gasteiger partial charge in [-0.2, -0.15) is 0 Å². The topological polar surface area (TPSA) is 55.8 Å². The van der Waals surface area contributed by atoms with Crippen molar-refractivity contribution in [2.24, 2.45) is 0 Å². The van der Waals surface area contributed by atoms with Crippen LogP contribution in [0, 0.1) is 0 Å². The van der Waals surface area contributed by atoms with E-state index < -0.39 is 12.4 Å². The van der Waals surface area contributed by atoms with Crippen molar-refractivity contribution in [2.75, 3.05) is 6.61 Å². The van der Waals surface area contributed by atoms with Crippen LogP contribution in [0.2, 0.25) is 0 Å². The van der Waals surface area contributed by atoms with Gasteiger partial charge < -0.3 is 14.6 Å². The molecule has 0 aromatic heterocycles. The van der Waals surface area contributed by atoms with Crippen molar-refractivity contribution in [1.29, 1.82) is 0 Å². The molecule has 0 radical (unpaired) electrons. The Kier molecular flexibility index (Phi) is 2.28. The van der Waals surface area contributed by atoms with Gasteiger partial charge in [0.1, 0.15) is 0 Å².